The standard InChI is InChI=1S/C21H15ClN2O/c1-13(25)17-4-2-3-5-18(17)15-8-11-19-20(12-15)24-21(23-19)14-6-9-16(22)10-7-14/h2-12,25H,1H2,(H,23,24). The number of aliphatic hydroxyl groups excluding tert-OH is 1. The third kappa shape index (κ3) is 2.90. The molecule has 0 atom stereocenters. The van der Waals surface area contributed by atoms with Crippen LogP contribution in [0.15, 0.2) is 73.3 Å². The third-order valence-electron chi connectivity index (χ3n) is 4.15. The van der Waals surface area contributed by atoms with Gasteiger partial charge >= 0.3 is 0 Å². The molecule has 0 aliphatic heterocycles. The molecule has 0 saturated carbocycles. The predicted molar refractivity (Wildman–Crippen MR) is 104 cm³/mol. The Morgan fingerprint density at radius 2 is 1.68 bits per heavy atom. The molecule has 4 aromatic rings. The largest absolute Gasteiger partial charge is 0.508 e. The Labute approximate surface area is 150 Å². The lowest BCUT2D eigenvalue weighted by molar-refractivity contribution is 0.514. The monoisotopic (exact) mass is 346 g/mol. The van der Waals surface area contributed by atoms with Gasteiger partial charge in [-0.3, -0.25) is 0 Å². The van der Waals surface area contributed by atoms with Gasteiger partial charge in [0.25, 0.3) is 0 Å². The number of halogens is 1. The number of imidazole rings is 1. The predicted octanol–water partition coefficient (Wildman–Crippen LogP) is 6.08. The number of hydrogen-bond donors (Lipinski definition) is 2. The molecule has 4 rings (SSSR count). The van der Waals surface area contributed by atoms with Gasteiger partial charge in [-0.2, -0.15) is 0 Å². The summed E-state index contributed by atoms with van der Waals surface area (Å²) in [6, 6.07) is 21.2. The SMILES string of the molecule is C=C(O)c1ccccc1-c1ccc2nc(-c3ccc(Cl)cc3)[nH]c2c1. The number of benzene rings is 3. The van der Waals surface area contributed by atoms with Crippen LogP contribution in [0.4, 0.5) is 0 Å². The molecule has 0 aliphatic rings. The van der Waals surface area contributed by atoms with Crippen molar-refractivity contribution in [3.63, 3.8) is 0 Å². The van der Waals surface area contributed by atoms with Crippen molar-refractivity contribution >= 4 is 28.4 Å². The second-order valence-electron chi connectivity index (χ2n) is 5.82. The maximum atomic E-state index is 9.83. The fourth-order valence-electron chi connectivity index (χ4n) is 2.91. The van der Waals surface area contributed by atoms with E-state index in [9.17, 15) is 5.11 Å². The highest BCUT2D eigenvalue weighted by Crippen LogP contribution is 2.30. The number of H-pyrrole nitrogens is 1. The van der Waals surface area contributed by atoms with Crippen molar-refractivity contribution in [2.45, 2.75) is 0 Å². The molecule has 1 aromatic heterocycles. The van der Waals surface area contributed by atoms with Crippen LogP contribution in [0.2, 0.25) is 5.02 Å². The molecule has 1 heterocycles. The van der Waals surface area contributed by atoms with E-state index in [-0.39, 0.29) is 5.76 Å². The number of rotatable bonds is 3. The number of aromatic amines is 1. The highest BCUT2D eigenvalue weighted by atomic mass is 35.5. The van der Waals surface area contributed by atoms with E-state index in [1.807, 2.05) is 66.7 Å². The number of aromatic nitrogens is 2. The second kappa shape index (κ2) is 6.11. The highest BCUT2D eigenvalue weighted by Gasteiger charge is 2.10. The third-order valence-corrected chi connectivity index (χ3v) is 4.40. The van der Waals surface area contributed by atoms with Crippen molar-refractivity contribution in [3.8, 4) is 22.5 Å². The first kappa shape index (κ1) is 15.5. The van der Waals surface area contributed by atoms with Crippen molar-refractivity contribution < 1.29 is 5.11 Å². The minimum Gasteiger partial charge on any atom is -0.508 e. The second-order valence-corrected chi connectivity index (χ2v) is 6.25. The Morgan fingerprint density at radius 1 is 0.960 bits per heavy atom. The summed E-state index contributed by atoms with van der Waals surface area (Å²) in [5, 5.41) is 10.5. The number of aliphatic hydroxyl groups is 1. The average molecular weight is 347 g/mol. The van der Waals surface area contributed by atoms with Crippen molar-refractivity contribution in [1.29, 1.82) is 0 Å². The van der Waals surface area contributed by atoms with Crippen LogP contribution in [0.1, 0.15) is 5.56 Å². The van der Waals surface area contributed by atoms with Crippen LogP contribution in [0.25, 0.3) is 39.3 Å². The van der Waals surface area contributed by atoms with Crippen LogP contribution < -0.4 is 0 Å². The van der Waals surface area contributed by atoms with E-state index in [0.29, 0.717) is 5.02 Å². The van der Waals surface area contributed by atoms with Gasteiger partial charge < -0.3 is 10.1 Å². The van der Waals surface area contributed by atoms with Gasteiger partial charge in [-0.1, -0.05) is 48.5 Å². The summed E-state index contributed by atoms with van der Waals surface area (Å²) in [6.07, 6.45) is 0. The Hall–Kier alpha value is -3.04. The van der Waals surface area contributed by atoms with E-state index in [1.54, 1.807) is 0 Å². The van der Waals surface area contributed by atoms with E-state index in [2.05, 4.69) is 16.5 Å². The van der Waals surface area contributed by atoms with E-state index < -0.39 is 0 Å². The van der Waals surface area contributed by atoms with Crippen molar-refractivity contribution in [2.24, 2.45) is 0 Å². The molecule has 122 valence electrons. The molecule has 0 radical (unpaired) electrons. The molecule has 3 nitrogen and oxygen atoms in total. The molecule has 0 amide bonds. The zero-order valence-electron chi connectivity index (χ0n) is 13.3. The van der Waals surface area contributed by atoms with Crippen LogP contribution >= 0.6 is 11.6 Å². The molecule has 0 fully saturated rings. The summed E-state index contributed by atoms with van der Waals surface area (Å²) in [7, 11) is 0. The Kier molecular flexibility index (Phi) is 3.79. The smallest absolute Gasteiger partial charge is 0.138 e. The Balaban J connectivity index is 1.81. The Morgan fingerprint density at radius 3 is 2.44 bits per heavy atom. The zero-order valence-corrected chi connectivity index (χ0v) is 14.1. The van der Waals surface area contributed by atoms with Crippen LogP contribution in [-0.2, 0) is 0 Å². The molecule has 0 bridgehead atoms. The van der Waals surface area contributed by atoms with Crippen LogP contribution in [0, 0.1) is 0 Å². The van der Waals surface area contributed by atoms with Gasteiger partial charge in [0.1, 0.15) is 11.6 Å². The van der Waals surface area contributed by atoms with E-state index in [0.717, 1.165) is 39.1 Å². The number of nitrogens with one attached hydrogen (secondary N) is 1. The van der Waals surface area contributed by atoms with Gasteiger partial charge in [-0.05, 0) is 47.5 Å². The lowest BCUT2D eigenvalue weighted by Gasteiger charge is -2.08. The summed E-state index contributed by atoms with van der Waals surface area (Å²) in [6.45, 7) is 3.65. The van der Waals surface area contributed by atoms with Gasteiger partial charge in [0.2, 0.25) is 0 Å². The number of hydrogen-bond acceptors (Lipinski definition) is 2. The normalized spacial score (nSPS) is 10.9. The summed E-state index contributed by atoms with van der Waals surface area (Å²) >= 11 is 5.95. The minimum absolute atomic E-state index is 0.0576. The lowest BCUT2D eigenvalue weighted by atomic mass is 9.98. The molecule has 4 heteroatoms. The van der Waals surface area contributed by atoms with Crippen molar-refractivity contribution in [2.75, 3.05) is 0 Å². The summed E-state index contributed by atoms with van der Waals surface area (Å²) in [4.78, 5) is 7.99. The highest BCUT2D eigenvalue weighted by molar-refractivity contribution is 6.30. The molecular weight excluding hydrogens is 332 g/mol. The first-order valence-electron chi connectivity index (χ1n) is 7.85. The fourth-order valence-corrected chi connectivity index (χ4v) is 3.03. The van der Waals surface area contributed by atoms with Crippen molar-refractivity contribution in [3.05, 3.63) is 83.9 Å². The summed E-state index contributed by atoms with van der Waals surface area (Å²) < 4.78 is 0. The van der Waals surface area contributed by atoms with Crippen LogP contribution in [0.5, 0.6) is 0 Å². The topological polar surface area (TPSA) is 48.9 Å². The fraction of sp³-hybridized carbons (Fsp3) is 0. The maximum Gasteiger partial charge on any atom is 0.138 e. The van der Waals surface area contributed by atoms with Gasteiger partial charge in [0, 0.05) is 16.1 Å². The molecule has 25 heavy (non-hydrogen) atoms. The molecular formula is C21H15ClN2O. The van der Waals surface area contributed by atoms with Gasteiger partial charge in [-0.15, -0.1) is 0 Å². The van der Waals surface area contributed by atoms with Gasteiger partial charge in [-0.25, -0.2) is 4.98 Å². The summed E-state index contributed by atoms with van der Waals surface area (Å²) in [5.74, 6) is 0.853. The van der Waals surface area contributed by atoms with Crippen LogP contribution in [0.3, 0.4) is 0 Å². The molecule has 0 spiro atoms. The van der Waals surface area contributed by atoms with Crippen molar-refractivity contribution in [1.82, 2.24) is 9.97 Å². The summed E-state index contributed by atoms with van der Waals surface area (Å²) in [5.41, 5.74) is 5.43. The minimum atomic E-state index is 0.0576. The quantitative estimate of drug-likeness (QED) is 0.442. The first-order chi connectivity index (χ1) is 12.1. The maximum absolute atomic E-state index is 9.83. The number of nitrogens with zero attached hydrogens (tertiary/aromatic N) is 1. The zero-order chi connectivity index (χ0) is 17.4. The van der Waals surface area contributed by atoms with Crippen LogP contribution in [-0.4, -0.2) is 15.1 Å². The van der Waals surface area contributed by atoms with E-state index >= 15 is 0 Å². The van der Waals surface area contributed by atoms with Gasteiger partial charge in [0.05, 0.1) is 11.0 Å². The Bertz CT molecular complexity index is 1080. The molecule has 0 unspecified atom stereocenters. The van der Waals surface area contributed by atoms with E-state index in [1.165, 1.54) is 0 Å². The van der Waals surface area contributed by atoms with E-state index in [4.69, 9.17) is 11.6 Å². The first-order valence-corrected chi connectivity index (χ1v) is 8.23. The molecule has 0 saturated heterocycles. The lowest BCUT2D eigenvalue weighted by Crippen LogP contribution is -1.87. The van der Waals surface area contributed by atoms with Gasteiger partial charge in [0.15, 0.2) is 0 Å². The number of fused-ring (bicyclic) bond motifs is 1. The average Bonchev–Trinajstić information content (AvgIpc) is 3.05. The molecule has 0 aliphatic carbocycles. The molecule has 3 aromatic carbocycles. The molecule has 2 N–H and O–H groups in total.